The third-order valence-electron chi connectivity index (χ3n) is 3.42. The summed E-state index contributed by atoms with van der Waals surface area (Å²) in [7, 11) is 0. The van der Waals surface area contributed by atoms with Crippen LogP contribution < -0.4 is 4.74 Å². The standard InChI is InChI=1S/C14H13N5O/c1-2-5-12-11(4-1)8-19-13(9-18-7-3-6-15-18)16-17-14(19)10-20-12/h1-7H,8-10H2. The number of rotatable bonds is 2. The van der Waals surface area contributed by atoms with E-state index in [1.807, 2.05) is 35.1 Å². The van der Waals surface area contributed by atoms with Crippen LogP contribution in [-0.2, 0) is 19.7 Å². The average molecular weight is 267 g/mol. The molecule has 0 saturated carbocycles. The van der Waals surface area contributed by atoms with Crippen LogP contribution in [0.25, 0.3) is 0 Å². The molecule has 0 amide bonds. The maximum Gasteiger partial charge on any atom is 0.171 e. The molecule has 6 nitrogen and oxygen atoms in total. The van der Waals surface area contributed by atoms with E-state index >= 15 is 0 Å². The van der Waals surface area contributed by atoms with Gasteiger partial charge in [-0.1, -0.05) is 18.2 Å². The van der Waals surface area contributed by atoms with Crippen LogP contribution >= 0.6 is 0 Å². The Bertz CT molecular complexity index is 732. The summed E-state index contributed by atoms with van der Waals surface area (Å²) >= 11 is 0. The molecule has 0 aliphatic carbocycles. The van der Waals surface area contributed by atoms with E-state index in [-0.39, 0.29) is 0 Å². The fraction of sp³-hybridized carbons (Fsp3) is 0.214. The highest BCUT2D eigenvalue weighted by Crippen LogP contribution is 2.24. The van der Waals surface area contributed by atoms with Gasteiger partial charge in [0.1, 0.15) is 18.9 Å². The van der Waals surface area contributed by atoms with Crippen LogP contribution in [0.3, 0.4) is 0 Å². The van der Waals surface area contributed by atoms with E-state index < -0.39 is 0 Å². The minimum Gasteiger partial charge on any atom is -0.485 e. The molecule has 1 aliphatic heterocycles. The Labute approximate surface area is 115 Å². The number of benzene rings is 1. The lowest BCUT2D eigenvalue weighted by molar-refractivity contribution is 0.297. The molecule has 0 unspecified atom stereocenters. The van der Waals surface area contributed by atoms with Gasteiger partial charge in [0.05, 0.1) is 6.54 Å². The molecule has 1 aromatic carbocycles. The largest absolute Gasteiger partial charge is 0.485 e. The summed E-state index contributed by atoms with van der Waals surface area (Å²) in [6, 6.07) is 9.96. The zero-order chi connectivity index (χ0) is 13.4. The molecule has 1 aliphatic rings. The van der Waals surface area contributed by atoms with E-state index in [4.69, 9.17) is 4.74 Å². The van der Waals surface area contributed by atoms with Crippen LogP contribution in [0, 0.1) is 0 Å². The quantitative estimate of drug-likeness (QED) is 0.705. The summed E-state index contributed by atoms with van der Waals surface area (Å²) in [6.45, 7) is 1.79. The zero-order valence-electron chi connectivity index (χ0n) is 10.8. The van der Waals surface area contributed by atoms with E-state index in [1.54, 1.807) is 6.20 Å². The van der Waals surface area contributed by atoms with Crippen LogP contribution in [0.4, 0.5) is 0 Å². The highest BCUT2D eigenvalue weighted by Gasteiger charge is 2.18. The summed E-state index contributed by atoms with van der Waals surface area (Å²) < 4.78 is 9.72. The third kappa shape index (κ3) is 1.85. The molecule has 2 aromatic heterocycles. The molecule has 0 saturated heterocycles. The maximum absolute atomic E-state index is 5.78. The van der Waals surface area contributed by atoms with Gasteiger partial charge in [0.15, 0.2) is 11.6 Å². The average Bonchev–Trinajstić information content (AvgIpc) is 3.06. The van der Waals surface area contributed by atoms with Crippen molar-refractivity contribution in [3.05, 3.63) is 59.9 Å². The number of fused-ring (bicyclic) bond motifs is 2. The molecule has 4 rings (SSSR count). The van der Waals surface area contributed by atoms with Crippen molar-refractivity contribution in [1.82, 2.24) is 24.5 Å². The predicted molar refractivity (Wildman–Crippen MR) is 71.2 cm³/mol. The Balaban J connectivity index is 1.72. The fourth-order valence-electron chi connectivity index (χ4n) is 2.41. The molecule has 0 fully saturated rings. The maximum atomic E-state index is 5.78. The van der Waals surface area contributed by atoms with Crippen LogP contribution in [0.1, 0.15) is 17.2 Å². The van der Waals surface area contributed by atoms with Crippen LogP contribution in [-0.4, -0.2) is 24.5 Å². The van der Waals surface area contributed by atoms with Crippen molar-refractivity contribution < 1.29 is 4.74 Å². The lowest BCUT2D eigenvalue weighted by Gasteiger charge is -2.07. The molecule has 0 N–H and O–H groups in total. The molecular weight excluding hydrogens is 254 g/mol. The van der Waals surface area contributed by atoms with Gasteiger partial charge in [0.2, 0.25) is 0 Å². The highest BCUT2D eigenvalue weighted by atomic mass is 16.5. The second-order valence-corrected chi connectivity index (χ2v) is 4.72. The van der Waals surface area contributed by atoms with Crippen molar-refractivity contribution in [3.8, 4) is 5.75 Å². The minimum atomic E-state index is 0.448. The summed E-state index contributed by atoms with van der Waals surface area (Å²) in [6.07, 6.45) is 3.68. The van der Waals surface area contributed by atoms with Gasteiger partial charge in [0.25, 0.3) is 0 Å². The Morgan fingerprint density at radius 2 is 2.10 bits per heavy atom. The Morgan fingerprint density at radius 3 is 3.00 bits per heavy atom. The van der Waals surface area contributed by atoms with Crippen LogP contribution in [0.2, 0.25) is 0 Å². The number of nitrogens with zero attached hydrogens (tertiary/aromatic N) is 5. The topological polar surface area (TPSA) is 57.8 Å². The molecule has 20 heavy (non-hydrogen) atoms. The highest BCUT2D eigenvalue weighted by molar-refractivity contribution is 5.34. The molecule has 0 radical (unpaired) electrons. The Kier molecular flexibility index (Phi) is 2.51. The molecular formula is C14H13N5O. The van der Waals surface area contributed by atoms with Crippen molar-refractivity contribution >= 4 is 0 Å². The Hall–Kier alpha value is -2.63. The van der Waals surface area contributed by atoms with E-state index in [2.05, 4.69) is 25.9 Å². The van der Waals surface area contributed by atoms with Crippen LogP contribution in [0.5, 0.6) is 5.75 Å². The lowest BCUT2D eigenvalue weighted by Crippen LogP contribution is -2.11. The van der Waals surface area contributed by atoms with Gasteiger partial charge in [-0.15, -0.1) is 10.2 Å². The van der Waals surface area contributed by atoms with Gasteiger partial charge < -0.3 is 9.30 Å². The molecule has 3 aromatic rings. The van der Waals surface area contributed by atoms with E-state index in [1.165, 1.54) is 0 Å². The normalized spacial score (nSPS) is 13.2. The smallest absolute Gasteiger partial charge is 0.171 e. The van der Waals surface area contributed by atoms with Crippen molar-refractivity contribution in [2.75, 3.05) is 0 Å². The molecule has 100 valence electrons. The van der Waals surface area contributed by atoms with Crippen molar-refractivity contribution in [3.63, 3.8) is 0 Å². The summed E-state index contributed by atoms with van der Waals surface area (Å²) in [5.41, 5.74) is 1.15. The number of para-hydroxylation sites is 1. The molecule has 6 heteroatoms. The first kappa shape index (κ1) is 11.2. The second-order valence-electron chi connectivity index (χ2n) is 4.72. The number of aromatic nitrogens is 5. The van der Waals surface area contributed by atoms with Gasteiger partial charge in [-0.3, -0.25) is 4.68 Å². The van der Waals surface area contributed by atoms with Gasteiger partial charge in [-0.05, 0) is 12.1 Å². The monoisotopic (exact) mass is 267 g/mol. The second kappa shape index (κ2) is 4.48. The first-order valence-electron chi connectivity index (χ1n) is 6.49. The summed E-state index contributed by atoms with van der Waals surface area (Å²) in [5.74, 6) is 2.66. The minimum absolute atomic E-state index is 0.448. The number of hydrogen-bond acceptors (Lipinski definition) is 4. The summed E-state index contributed by atoms with van der Waals surface area (Å²) in [4.78, 5) is 0. The van der Waals surface area contributed by atoms with Crippen molar-refractivity contribution in [2.24, 2.45) is 0 Å². The molecule has 0 atom stereocenters. The van der Waals surface area contributed by atoms with E-state index in [9.17, 15) is 0 Å². The number of ether oxygens (including phenoxy) is 1. The van der Waals surface area contributed by atoms with Crippen molar-refractivity contribution in [2.45, 2.75) is 19.7 Å². The van der Waals surface area contributed by atoms with Gasteiger partial charge in [-0.25, -0.2) is 0 Å². The number of hydrogen-bond donors (Lipinski definition) is 0. The zero-order valence-corrected chi connectivity index (χ0v) is 10.8. The molecule has 0 bridgehead atoms. The lowest BCUT2D eigenvalue weighted by atomic mass is 10.2. The van der Waals surface area contributed by atoms with Gasteiger partial charge in [0, 0.05) is 18.0 Å². The SMILES string of the molecule is c1ccc2c(c1)Cn1c(nnc1Cn1cccn1)CO2. The third-order valence-corrected chi connectivity index (χ3v) is 3.42. The Morgan fingerprint density at radius 1 is 1.15 bits per heavy atom. The van der Waals surface area contributed by atoms with E-state index in [0.29, 0.717) is 13.2 Å². The fourth-order valence-corrected chi connectivity index (χ4v) is 2.41. The molecule has 0 spiro atoms. The first-order chi connectivity index (χ1) is 9.90. The van der Waals surface area contributed by atoms with Gasteiger partial charge >= 0.3 is 0 Å². The molecule has 3 heterocycles. The van der Waals surface area contributed by atoms with Gasteiger partial charge in [-0.2, -0.15) is 5.10 Å². The van der Waals surface area contributed by atoms with Crippen LogP contribution in [0.15, 0.2) is 42.7 Å². The predicted octanol–water partition coefficient (Wildman–Crippen LogP) is 1.46. The summed E-state index contributed by atoms with van der Waals surface area (Å²) in [5, 5.41) is 12.7. The van der Waals surface area contributed by atoms with E-state index in [0.717, 1.165) is 29.5 Å². The van der Waals surface area contributed by atoms with Crippen molar-refractivity contribution in [1.29, 1.82) is 0 Å². The first-order valence-corrected chi connectivity index (χ1v) is 6.49.